The minimum Gasteiger partial charge on any atom is -0.481 e. The van der Waals surface area contributed by atoms with Crippen LogP contribution in [0.15, 0.2) is 24.3 Å². The van der Waals surface area contributed by atoms with Crippen molar-refractivity contribution in [2.45, 2.75) is 25.8 Å². The summed E-state index contributed by atoms with van der Waals surface area (Å²) in [6.45, 7) is 4.34. The molecule has 0 aliphatic carbocycles. The molecule has 0 saturated carbocycles. The number of amides is 1. The molecule has 1 atom stereocenters. The predicted octanol–water partition coefficient (Wildman–Crippen LogP) is 1.20. The maximum Gasteiger partial charge on any atom is 0.312 e. The quantitative estimate of drug-likeness (QED) is 0.855. The Morgan fingerprint density at radius 2 is 2.11 bits per heavy atom. The van der Waals surface area contributed by atoms with Crippen LogP contribution in [-0.2, 0) is 9.59 Å². The number of hydrogen-bond acceptors (Lipinski definition) is 3. The second-order valence-corrected chi connectivity index (χ2v) is 5.05. The van der Waals surface area contributed by atoms with Gasteiger partial charge in [0.15, 0.2) is 0 Å². The summed E-state index contributed by atoms with van der Waals surface area (Å²) in [7, 11) is 0. The standard InChI is InChI=1S/C14H18N2O3/c1-9(2)15-13(17)8-16-7-11(14(18)19)10-5-3-4-6-12(10)16/h3-6,9,11H,7-8H2,1-2H3,(H,15,17)(H,18,19). The molecule has 0 bridgehead atoms. The number of rotatable bonds is 4. The van der Waals surface area contributed by atoms with Crippen molar-refractivity contribution in [3.8, 4) is 0 Å². The van der Waals surface area contributed by atoms with Gasteiger partial charge >= 0.3 is 5.97 Å². The van der Waals surface area contributed by atoms with Crippen molar-refractivity contribution in [1.82, 2.24) is 5.32 Å². The molecule has 0 spiro atoms. The normalized spacial score (nSPS) is 17.4. The number of hydrogen-bond donors (Lipinski definition) is 2. The first-order valence-electron chi connectivity index (χ1n) is 6.35. The first-order chi connectivity index (χ1) is 8.99. The van der Waals surface area contributed by atoms with Crippen LogP contribution in [0, 0.1) is 0 Å². The van der Waals surface area contributed by atoms with Gasteiger partial charge in [0.25, 0.3) is 0 Å². The van der Waals surface area contributed by atoms with E-state index in [0.717, 1.165) is 11.3 Å². The fourth-order valence-electron chi connectivity index (χ4n) is 2.39. The van der Waals surface area contributed by atoms with Crippen molar-refractivity contribution in [3.63, 3.8) is 0 Å². The molecular formula is C14H18N2O3. The lowest BCUT2D eigenvalue weighted by Crippen LogP contribution is -2.40. The summed E-state index contributed by atoms with van der Waals surface area (Å²) < 4.78 is 0. The molecule has 1 heterocycles. The third kappa shape index (κ3) is 2.86. The summed E-state index contributed by atoms with van der Waals surface area (Å²) in [5.41, 5.74) is 1.63. The monoisotopic (exact) mass is 262 g/mol. The van der Waals surface area contributed by atoms with Crippen LogP contribution in [0.2, 0.25) is 0 Å². The molecule has 5 heteroatoms. The predicted molar refractivity (Wildman–Crippen MR) is 72.3 cm³/mol. The highest BCUT2D eigenvalue weighted by molar-refractivity contribution is 5.87. The zero-order valence-electron chi connectivity index (χ0n) is 11.1. The third-order valence-corrected chi connectivity index (χ3v) is 3.14. The molecule has 1 aromatic carbocycles. The highest BCUT2D eigenvalue weighted by Crippen LogP contribution is 2.35. The average molecular weight is 262 g/mol. The second kappa shape index (κ2) is 5.30. The number of anilines is 1. The highest BCUT2D eigenvalue weighted by Gasteiger charge is 2.33. The Morgan fingerprint density at radius 1 is 1.42 bits per heavy atom. The van der Waals surface area contributed by atoms with E-state index in [9.17, 15) is 14.7 Å². The van der Waals surface area contributed by atoms with E-state index in [1.54, 1.807) is 0 Å². The molecule has 0 radical (unpaired) electrons. The minimum atomic E-state index is -0.848. The van der Waals surface area contributed by atoms with Crippen LogP contribution in [-0.4, -0.2) is 36.1 Å². The summed E-state index contributed by atoms with van der Waals surface area (Å²) in [5, 5.41) is 12.0. The lowest BCUT2D eigenvalue weighted by molar-refractivity contribution is -0.138. The van der Waals surface area contributed by atoms with E-state index in [-0.39, 0.29) is 18.5 Å². The molecule has 1 aliphatic heterocycles. The van der Waals surface area contributed by atoms with E-state index in [0.29, 0.717) is 6.54 Å². The van der Waals surface area contributed by atoms with E-state index in [1.807, 2.05) is 43.0 Å². The smallest absolute Gasteiger partial charge is 0.312 e. The maximum atomic E-state index is 11.8. The molecule has 102 valence electrons. The van der Waals surface area contributed by atoms with Gasteiger partial charge in [-0.2, -0.15) is 0 Å². The SMILES string of the molecule is CC(C)NC(=O)CN1CC(C(=O)O)c2ccccc21. The van der Waals surface area contributed by atoms with Crippen LogP contribution >= 0.6 is 0 Å². The average Bonchev–Trinajstić information content (AvgIpc) is 2.67. The number of carboxylic acid groups (broad SMARTS) is 1. The van der Waals surface area contributed by atoms with Gasteiger partial charge in [-0.25, -0.2) is 0 Å². The molecule has 0 saturated heterocycles. The topological polar surface area (TPSA) is 69.6 Å². The van der Waals surface area contributed by atoms with E-state index < -0.39 is 11.9 Å². The van der Waals surface area contributed by atoms with Gasteiger partial charge in [0.05, 0.1) is 6.54 Å². The number of carbonyl (C=O) groups excluding carboxylic acids is 1. The lowest BCUT2D eigenvalue weighted by Gasteiger charge is -2.19. The van der Waals surface area contributed by atoms with Gasteiger partial charge < -0.3 is 15.3 Å². The highest BCUT2D eigenvalue weighted by atomic mass is 16.4. The molecule has 2 N–H and O–H groups in total. The van der Waals surface area contributed by atoms with Crippen molar-refractivity contribution < 1.29 is 14.7 Å². The summed E-state index contributed by atoms with van der Waals surface area (Å²) in [4.78, 5) is 24.9. The Bertz CT molecular complexity index is 499. The molecule has 1 aromatic rings. The Morgan fingerprint density at radius 3 is 2.74 bits per heavy atom. The van der Waals surface area contributed by atoms with Crippen LogP contribution in [0.25, 0.3) is 0 Å². The van der Waals surface area contributed by atoms with Gasteiger partial charge in [0.1, 0.15) is 5.92 Å². The molecule has 1 amide bonds. The van der Waals surface area contributed by atoms with Crippen LogP contribution < -0.4 is 10.2 Å². The van der Waals surface area contributed by atoms with Crippen molar-refractivity contribution >= 4 is 17.6 Å². The zero-order chi connectivity index (χ0) is 14.0. The van der Waals surface area contributed by atoms with Gasteiger partial charge in [-0.05, 0) is 25.5 Å². The number of aliphatic carboxylic acids is 1. The summed E-state index contributed by atoms with van der Waals surface area (Å²) in [6, 6.07) is 7.44. The van der Waals surface area contributed by atoms with Crippen LogP contribution in [0.1, 0.15) is 25.3 Å². The second-order valence-electron chi connectivity index (χ2n) is 5.05. The summed E-state index contributed by atoms with van der Waals surface area (Å²) >= 11 is 0. The van der Waals surface area contributed by atoms with Crippen LogP contribution in [0.3, 0.4) is 0 Å². The van der Waals surface area contributed by atoms with Gasteiger partial charge in [0.2, 0.25) is 5.91 Å². The number of fused-ring (bicyclic) bond motifs is 1. The summed E-state index contributed by atoms with van der Waals surface area (Å²) in [6.07, 6.45) is 0. The van der Waals surface area contributed by atoms with E-state index >= 15 is 0 Å². The Kier molecular flexibility index (Phi) is 3.74. The fourth-order valence-corrected chi connectivity index (χ4v) is 2.39. The van der Waals surface area contributed by atoms with Crippen molar-refractivity contribution in [3.05, 3.63) is 29.8 Å². The van der Waals surface area contributed by atoms with Gasteiger partial charge in [-0.3, -0.25) is 9.59 Å². The first-order valence-corrected chi connectivity index (χ1v) is 6.35. The maximum absolute atomic E-state index is 11.8. The fraction of sp³-hybridized carbons (Fsp3) is 0.429. The van der Waals surface area contributed by atoms with Crippen LogP contribution in [0.5, 0.6) is 0 Å². The molecule has 1 unspecified atom stereocenters. The molecule has 2 rings (SSSR count). The number of benzene rings is 1. The molecule has 19 heavy (non-hydrogen) atoms. The van der Waals surface area contributed by atoms with Gasteiger partial charge in [-0.15, -0.1) is 0 Å². The molecule has 1 aliphatic rings. The lowest BCUT2D eigenvalue weighted by atomic mass is 10.0. The molecule has 5 nitrogen and oxygen atoms in total. The largest absolute Gasteiger partial charge is 0.481 e. The summed E-state index contributed by atoms with van der Waals surface area (Å²) in [5.74, 6) is -1.49. The van der Waals surface area contributed by atoms with Gasteiger partial charge in [0, 0.05) is 18.3 Å². The number of carboxylic acids is 1. The third-order valence-electron chi connectivity index (χ3n) is 3.14. The van der Waals surface area contributed by atoms with E-state index in [1.165, 1.54) is 0 Å². The van der Waals surface area contributed by atoms with Crippen molar-refractivity contribution in [2.75, 3.05) is 18.0 Å². The van der Waals surface area contributed by atoms with Crippen molar-refractivity contribution in [2.24, 2.45) is 0 Å². The first kappa shape index (κ1) is 13.4. The van der Waals surface area contributed by atoms with Crippen LogP contribution in [0.4, 0.5) is 5.69 Å². The van der Waals surface area contributed by atoms with E-state index in [2.05, 4.69) is 5.32 Å². The van der Waals surface area contributed by atoms with E-state index in [4.69, 9.17) is 0 Å². The van der Waals surface area contributed by atoms with Crippen molar-refractivity contribution in [1.29, 1.82) is 0 Å². The number of carbonyl (C=O) groups is 2. The zero-order valence-corrected chi connectivity index (χ0v) is 11.1. The Balaban J connectivity index is 2.16. The molecule has 0 fully saturated rings. The Hall–Kier alpha value is -2.04. The number of nitrogens with zero attached hydrogens (tertiary/aromatic N) is 1. The van der Waals surface area contributed by atoms with Gasteiger partial charge in [-0.1, -0.05) is 18.2 Å². The molecular weight excluding hydrogens is 244 g/mol. The minimum absolute atomic E-state index is 0.0839. The number of nitrogens with one attached hydrogen (secondary N) is 1. The Labute approximate surface area is 112 Å². The number of para-hydroxylation sites is 1. The molecule has 0 aromatic heterocycles.